The van der Waals surface area contributed by atoms with Gasteiger partial charge in [0.2, 0.25) is 5.89 Å². The van der Waals surface area contributed by atoms with E-state index in [2.05, 4.69) is 15.5 Å². The van der Waals surface area contributed by atoms with Crippen molar-refractivity contribution in [2.24, 2.45) is 0 Å². The second kappa shape index (κ2) is 9.68. The Kier molecular flexibility index (Phi) is 8.17. The summed E-state index contributed by atoms with van der Waals surface area (Å²) in [5.74, 6) is 0.607. The maximum absolute atomic E-state index is 5.73. The quantitative estimate of drug-likeness (QED) is 0.613. The Morgan fingerprint density at radius 3 is 2.60 bits per heavy atom. The number of anilines is 1. The molecule has 0 fully saturated rings. The molecule has 1 unspecified atom stereocenters. The molecule has 1 atom stereocenters. The van der Waals surface area contributed by atoms with Gasteiger partial charge in [-0.1, -0.05) is 12.0 Å². The van der Waals surface area contributed by atoms with E-state index >= 15 is 0 Å². The van der Waals surface area contributed by atoms with Crippen molar-refractivity contribution in [2.75, 3.05) is 52.0 Å². The van der Waals surface area contributed by atoms with Crippen LogP contribution in [0.1, 0.15) is 32.2 Å². The summed E-state index contributed by atoms with van der Waals surface area (Å²) in [6.07, 6.45) is 0.903. The second-order valence-electron chi connectivity index (χ2n) is 4.53. The molecular weight excluding hydrogens is 260 g/mol. The lowest BCUT2D eigenvalue weighted by atomic mass is 10.3. The molecule has 0 aliphatic heterocycles. The molecule has 1 aromatic heterocycles. The van der Waals surface area contributed by atoms with Gasteiger partial charge >= 0.3 is 6.01 Å². The molecule has 7 nitrogen and oxygen atoms in total. The first-order valence-electron chi connectivity index (χ1n) is 7.02. The summed E-state index contributed by atoms with van der Waals surface area (Å²) in [6, 6.07) is 0.599. The molecule has 0 bridgehead atoms. The molecule has 1 heterocycles. The van der Waals surface area contributed by atoms with Crippen molar-refractivity contribution in [1.82, 2.24) is 15.5 Å². The van der Waals surface area contributed by atoms with E-state index in [4.69, 9.17) is 13.9 Å². The van der Waals surface area contributed by atoms with Crippen LogP contribution in [0, 0.1) is 0 Å². The zero-order valence-electron chi connectivity index (χ0n) is 12.9. The van der Waals surface area contributed by atoms with Crippen LogP contribution in [0.15, 0.2) is 4.42 Å². The fourth-order valence-electron chi connectivity index (χ4n) is 1.83. The van der Waals surface area contributed by atoms with Crippen LogP contribution in [0.3, 0.4) is 0 Å². The highest BCUT2D eigenvalue weighted by atomic mass is 16.5. The lowest BCUT2D eigenvalue weighted by molar-refractivity contribution is 0.189. The summed E-state index contributed by atoms with van der Waals surface area (Å²) >= 11 is 0. The van der Waals surface area contributed by atoms with Gasteiger partial charge in [-0.05, 0) is 19.9 Å². The monoisotopic (exact) mass is 286 g/mol. The zero-order valence-corrected chi connectivity index (χ0v) is 12.9. The Morgan fingerprint density at radius 1 is 1.20 bits per heavy atom. The van der Waals surface area contributed by atoms with Crippen LogP contribution in [0.4, 0.5) is 6.01 Å². The van der Waals surface area contributed by atoms with Crippen LogP contribution in [0.25, 0.3) is 0 Å². The summed E-state index contributed by atoms with van der Waals surface area (Å²) in [4.78, 5) is 2.03. The van der Waals surface area contributed by atoms with Gasteiger partial charge in [-0.25, -0.2) is 0 Å². The topological polar surface area (TPSA) is 72.7 Å². The lowest BCUT2D eigenvalue weighted by Gasteiger charge is -2.19. The van der Waals surface area contributed by atoms with Crippen molar-refractivity contribution in [3.8, 4) is 0 Å². The van der Waals surface area contributed by atoms with E-state index < -0.39 is 0 Å². The second-order valence-corrected chi connectivity index (χ2v) is 4.53. The standard InChI is InChI=1S/C13H26N4O3/c1-5-14-11(2)12-15-16-13(20-12)17(8-10-19-4)7-6-9-18-3/h11,14H,5-10H2,1-4H3. The largest absolute Gasteiger partial charge is 0.406 e. The Labute approximate surface area is 120 Å². The summed E-state index contributed by atoms with van der Waals surface area (Å²) in [7, 11) is 3.38. The predicted molar refractivity (Wildman–Crippen MR) is 77.0 cm³/mol. The molecule has 0 aliphatic carbocycles. The van der Waals surface area contributed by atoms with Crippen LogP contribution in [0.2, 0.25) is 0 Å². The molecule has 1 aromatic rings. The number of nitrogens with one attached hydrogen (secondary N) is 1. The number of hydrogen-bond donors (Lipinski definition) is 1. The minimum absolute atomic E-state index is 0.0597. The van der Waals surface area contributed by atoms with E-state index in [9.17, 15) is 0 Å². The van der Waals surface area contributed by atoms with Crippen molar-refractivity contribution in [3.63, 3.8) is 0 Å². The first-order valence-corrected chi connectivity index (χ1v) is 7.02. The lowest BCUT2D eigenvalue weighted by Crippen LogP contribution is -2.29. The number of hydrogen-bond acceptors (Lipinski definition) is 7. The van der Waals surface area contributed by atoms with Crippen LogP contribution in [-0.2, 0) is 9.47 Å². The van der Waals surface area contributed by atoms with Crippen molar-refractivity contribution < 1.29 is 13.9 Å². The molecule has 0 aliphatic rings. The summed E-state index contributed by atoms with van der Waals surface area (Å²) < 4.78 is 15.9. The number of nitrogens with zero attached hydrogens (tertiary/aromatic N) is 3. The van der Waals surface area contributed by atoms with Gasteiger partial charge in [0.05, 0.1) is 12.6 Å². The molecule has 0 saturated heterocycles. The first-order chi connectivity index (χ1) is 9.72. The third kappa shape index (κ3) is 5.44. The van der Waals surface area contributed by atoms with Crippen molar-refractivity contribution in [1.29, 1.82) is 0 Å². The number of methoxy groups -OCH3 is 2. The maximum atomic E-state index is 5.73. The average Bonchev–Trinajstić information content (AvgIpc) is 2.92. The van der Waals surface area contributed by atoms with Gasteiger partial charge in [-0.15, -0.1) is 5.10 Å². The first kappa shape index (κ1) is 16.9. The fraction of sp³-hybridized carbons (Fsp3) is 0.846. The molecule has 0 aromatic carbocycles. The Balaban J connectivity index is 2.64. The van der Waals surface area contributed by atoms with Gasteiger partial charge < -0.3 is 24.1 Å². The van der Waals surface area contributed by atoms with E-state index in [0.717, 1.165) is 26.1 Å². The van der Waals surface area contributed by atoms with Crippen LogP contribution >= 0.6 is 0 Å². The Bertz CT molecular complexity index is 359. The maximum Gasteiger partial charge on any atom is 0.318 e. The molecule has 20 heavy (non-hydrogen) atoms. The van der Waals surface area contributed by atoms with Gasteiger partial charge in [0.25, 0.3) is 0 Å². The molecule has 1 N–H and O–H groups in total. The van der Waals surface area contributed by atoms with Crippen molar-refractivity contribution in [3.05, 3.63) is 5.89 Å². The SMILES string of the molecule is CCNC(C)c1nnc(N(CCCOC)CCOC)o1. The van der Waals surface area contributed by atoms with Crippen LogP contribution in [0.5, 0.6) is 0 Å². The number of aromatic nitrogens is 2. The highest BCUT2D eigenvalue weighted by Crippen LogP contribution is 2.17. The normalized spacial score (nSPS) is 12.6. The zero-order chi connectivity index (χ0) is 14.8. The third-order valence-corrected chi connectivity index (χ3v) is 2.92. The highest BCUT2D eigenvalue weighted by Gasteiger charge is 2.17. The fourth-order valence-corrected chi connectivity index (χ4v) is 1.83. The third-order valence-electron chi connectivity index (χ3n) is 2.92. The molecule has 7 heteroatoms. The van der Waals surface area contributed by atoms with Gasteiger partial charge in [-0.2, -0.15) is 0 Å². The molecule has 1 rings (SSSR count). The van der Waals surface area contributed by atoms with Crippen molar-refractivity contribution >= 4 is 6.01 Å². The molecule has 0 spiro atoms. The van der Waals surface area contributed by atoms with E-state index in [-0.39, 0.29) is 6.04 Å². The molecule has 0 amide bonds. The number of rotatable bonds is 11. The molecule has 0 saturated carbocycles. The Hall–Kier alpha value is -1.18. The van der Waals surface area contributed by atoms with E-state index in [1.165, 1.54) is 0 Å². The van der Waals surface area contributed by atoms with Crippen LogP contribution < -0.4 is 10.2 Å². The summed E-state index contributed by atoms with van der Waals surface area (Å²) in [6.45, 7) is 7.76. The number of ether oxygens (including phenoxy) is 2. The Morgan fingerprint density at radius 2 is 1.95 bits per heavy atom. The molecule has 0 radical (unpaired) electrons. The minimum atomic E-state index is 0.0597. The average molecular weight is 286 g/mol. The predicted octanol–water partition coefficient (Wildman–Crippen LogP) is 1.23. The minimum Gasteiger partial charge on any atom is -0.406 e. The molecule has 116 valence electrons. The van der Waals surface area contributed by atoms with E-state index in [1.54, 1.807) is 14.2 Å². The van der Waals surface area contributed by atoms with Gasteiger partial charge in [0.1, 0.15) is 0 Å². The summed E-state index contributed by atoms with van der Waals surface area (Å²) in [5, 5.41) is 11.5. The molecular formula is C13H26N4O3. The highest BCUT2D eigenvalue weighted by molar-refractivity contribution is 5.24. The summed E-state index contributed by atoms with van der Waals surface area (Å²) in [5.41, 5.74) is 0. The van der Waals surface area contributed by atoms with Crippen LogP contribution in [-0.4, -0.2) is 57.3 Å². The van der Waals surface area contributed by atoms with Gasteiger partial charge in [0, 0.05) is 33.9 Å². The van der Waals surface area contributed by atoms with E-state index in [0.29, 0.717) is 25.1 Å². The van der Waals surface area contributed by atoms with Crippen molar-refractivity contribution in [2.45, 2.75) is 26.3 Å². The van der Waals surface area contributed by atoms with Gasteiger partial charge in [0.15, 0.2) is 0 Å². The van der Waals surface area contributed by atoms with E-state index in [1.807, 2.05) is 18.7 Å². The smallest absolute Gasteiger partial charge is 0.318 e. The van der Waals surface area contributed by atoms with Gasteiger partial charge in [-0.3, -0.25) is 0 Å².